The molecule has 0 saturated heterocycles. The summed E-state index contributed by atoms with van der Waals surface area (Å²) in [6.45, 7) is -0.401. The zero-order valence-corrected chi connectivity index (χ0v) is 8.77. The van der Waals surface area contributed by atoms with E-state index in [4.69, 9.17) is 5.11 Å². The molecule has 1 aromatic heterocycles. The van der Waals surface area contributed by atoms with Gasteiger partial charge in [0.25, 0.3) is 11.4 Å². The molecule has 0 fully saturated rings. The fraction of sp³-hybridized carbons (Fsp3) is 0.556. The lowest BCUT2D eigenvalue weighted by Gasteiger charge is -2.26. The first-order valence-corrected chi connectivity index (χ1v) is 4.76. The van der Waals surface area contributed by atoms with E-state index >= 15 is 0 Å². The van der Waals surface area contributed by atoms with Crippen LogP contribution in [0.15, 0.2) is 12.4 Å². The third-order valence-electron chi connectivity index (χ3n) is 3.03. The van der Waals surface area contributed by atoms with Crippen LogP contribution in [0, 0.1) is 5.92 Å². The third-order valence-corrected chi connectivity index (χ3v) is 3.03. The van der Waals surface area contributed by atoms with Crippen LogP contribution in [0.4, 0.5) is 13.2 Å². The van der Waals surface area contributed by atoms with Crippen LogP contribution in [-0.4, -0.2) is 26.9 Å². The lowest BCUT2D eigenvalue weighted by atomic mass is 9.88. The van der Waals surface area contributed by atoms with Crippen LogP contribution in [0.3, 0.4) is 0 Å². The highest BCUT2D eigenvalue weighted by Crippen LogP contribution is 2.47. The summed E-state index contributed by atoms with van der Waals surface area (Å²) < 4.78 is 41.0. The molecule has 1 aliphatic heterocycles. The van der Waals surface area contributed by atoms with Crippen LogP contribution >= 0.6 is 0 Å². The number of fused-ring (bicyclic) bond motifs is 1. The molecule has 1 aromatic rings. The number of carboxylic acid groups (broad SMARTS) is 1. The second kappa shape index (κ2) is 3.22. The number of halogens is 3. The van der Waals surface area contributed by atoms with Gasteiger partial charge in [-0.1, -0.05) is 0 Å². The van der Waals surface area contributed by atoms with E-state index in [0.29, 0.717) is 0 Å². The normalized spacial score (nSPS) is 28.2. The Hall–Kier alpha value is -1.57. The predicted molar refractivity (Wildman–Crippen MR) is 46.7 cm³/mol. The molecule has 0 aromatic carbocycles. The lowest BCUT2D eigenvalue weighted by molar-refractivity contribution is -0.688. The van der Waals surface area contributed by atoms with E-state index in [0.717, 1.165) is 9.13 Å². The number of carboxylic acids is 1. The fourth-order valence-corrected chi connectivity index (χ4v) is 2.23. The van der Waals surface area contributed by atoms with Gasteiger partial charge in [0.05, 0.1) is 7.05 Å². The average molecular weight is 251 g/mol. The Morgan fingerprint density at radius 3 is 2.71 bits per heavy atom. The van der Waals surface area contributed by atoms with Gasteiger partial charge < -0.3 is 10.2 Å². The standard InChI is InChI=1S/C9H9F3N2O3/c1-13-2-3-14-4-5(6(15)16)8(17,7(13)14)9(10,11)12/h2-3,5,17H,4H2,1H3/p+1. The molecule has 1 aliphatic rings. The molecule has 17 heavy (non-hydrogen) atoms. The summed E-state index contributed by atoms with van der Waals surface area (Å²) in [5.74, 6) is -4.06. The summed E-state index contributed by atoms with van der Waals surface area (Å²) in [4.78, 5) is 10.9. The summed E-state index contributed by atoms with van der Waals surface area (Å²) in [6.07, 6.45) is -2.39. The highest BCUT2D eigenvalue weighted by Gasteiger charge is 2.72. The minimum absolute atomic E-state index is 0.401. The lowest BCUT2D eigenvalue weighted by Crippen LogP contribution is -2.54. The van der Waals surface area contributed by atoms with Crippen molar-refractivity contribution in [2.45, 2.75) is 18.3 Å². The molecule has 94 valence electrons. The van der Waals surface area contributed by atoms with Crippen molar-refractivity contribution in [2.24, 2.45) is 13.0 Å². The van der Waals surface area contributed by atoms with E-state index in [9.17, 15) is 23.1 Å². The first-order chi connectivity index (χ1) is 7.69. The topological polar surface area (TPSA) is 66.3 Å². The summed E-state index contributed by atoms with van der Waals surface area (Å²) in [5, 5.41) is 18.6. The molecule has 0 bridgehead atoms. The summed E-state index contributed by atoms with van der Waals surface area (Å²) in [6, 6.07) is 0. The molecule has 0 aliphatic carbocycles. The Morgan fingerprint density at radius 2 is 2.24 bits per heavy atom. The van der Waals surface area contributed by atoms with Crippen LogP contribution in [0.25, 0.3) is 0 Å². The van der Waals surface area contributed by atoms with Gasteiger partial charge in [0.1, 0.15) is 24.9 Å². The maximum Gasteiger partial charge on any atom is 0.430 e. The van der Waals surface area contributed by atoms with Crippen molar-refractivity contribution in [1.82, 2.24) is 4.57 Å². The van der Waals surface area contributed by atoms with Gasteiger partial charge in [-0.25, -0.2) is 9.13 Å². The molecule has 2 N–H and O–H groups in total. The van der Waals surface area contributed by atoms with Gasteiger partial charge in [0.15, 0.2) is 0 Å². The molecular weight excluding hydrogens is 241 g/mol. The van der Waals surface area contributed by atoms with E-state index in [1.165, 1.54) is 19.4 Å². The van der Waals surface area contributed by atoms with E-state index in [-0.39, 0.29) is 0 Å². The van der Waals surface area contributed by atoms with Crippen LogP contribution in [0.2, 0.25) is 0 Å². The Morgan fingerprint density at radius 1 is 1.65 bits per heavy atom. The number of aliphatic hydroxyl groups is 1. The van der Waals surface area contributed by atoms with Gasteiger partial charge in [0.2, 0.25) is 0 Å². The summed E-state index contributed by atoms with van der Waals surface area (Å²) in [7, 11) is 1.33. The summed E-state index contributed by atoms with van der Waals surface area (Å²) in [5.41, 5.74) is -3.35. The van der Waals surface area contributed by atoms with Gasteiger partial charge in [-0.05, 0) is 0 Å². The monoisotopic (exact) mass is 251 g/mol. The molecule has 0 saturated carbocycles. The number of carbonyl (C=O) groups is 1. The van der Waals surface area contributed by atoms with Crippen molar-refractivity contribution < 1.29 is 32.7 Å². The van der Waals surface area contributed by atoms with Crippen LogP contribution in [0.1, 0.15) is 5.82 Å². The molecule has 2 heterocycles. The number of imidazole rings is 1. The molecule has 5 nitrogen and oxygen atoms in total. The van der Waals surface area contributed by atoms with Crippen molar-refractivity contribution in [2.75, 3.05) is 0 Å². The largest absolute Gasteiger partial charge is 0.481 e. The Balaban J connectivity index is 2.65. The highest BCUT2D eigenvalue weighted by molar-refractivity contribution is 5.72. The van der Waals surface area contributed by atoms with E-state index < -0.39 is 36.0 Å². The summed E-state index contributed by atoms with van der Waals surface area (Å²) >= 11 is 0. The van der Waals surface area contributed by atoms with Crippen molar-refractivity contribution in [3.05, 3.63) is 18.2 Å². The quantitative estimate of drug-likeness (QED) is 0.678. The van der Waals surface area contributed by atoms with Crippen molar-refractivity contribution in [3.63, 3.8) is 0 Å². The van der Waals surface area contributed by atoms with Crippen LogP contribution in [0.5, 0.6) is 0 Å². The predicted octanol–water partition coefficient (Wildman–Crippen LogP) is -0.223. The number of aromatic nitrogens is 2. The molecule has 0 spiro atoms. The Labute approximate surface area is 93.7 Å². The highest BCUT2D eigenvalue weighted by atomic mass is 19.4. The number of hydrogen-bond acceptors (Lipinski definition) is 2. The zero-order valence-electron chi connectivity index (χ0n) is 8.77. The van der Waals surface area contributed by atoms with E-state index in [1.807, 2.05) is 0 Å². The molecule has 2 rings (SSSR count). The van der Waals surface area contributed by atoms with Crippen molar-refractivity contribution in [1.29, 1.82) is 0 Å². The molecule has 2 unspecified atom stereocenters. The maximum absolute atomic E-state index is 13.0. The van der Waals surface area contributed by atoms with Gasteiger partial charge >= 0.3 is 12.1 Å². The van der Waals surface area contributed by atoms with Crippen molar-refractivity contribution in [3.8, 4) is 0 Å². The van der Waals surface area contributed by atoms with Gasteiger partial charge in [0, 0.05) is 0 Å². The number of alkyl halides is 3. The number of hydrogen-bond donors (Lipinski definition) is 2. The average Bonchev–Trinajstić information content (AvgIpc) is 2.66. The number of aliphatic carboxylic acids is 1. The molecule has 8 heteroatoms. The fourth-order valence-electron chi connectivity index (χ4n) is 2.23. The smallest absolute Gasteiger partial charge is 0.430 e. The Kier molecular flexibility index (Phi) is 2.25. The molecular formula is C9H10F3N2O3+. The number of rotatable bonds is 1. The first kappa shape index (κ1) is 11.9. The second-order valence-corrected chi connectivity index (χ2v) is 4.04. The molecule has 2 atom stereocenters. The molecule has 0 amide bonds. The minimum Gasteiger partial charge on any atom is -0.481 e. The van der Waals surface area contributed by atoms with Gasteiger partial charge in [-0.15, -0.1) is 0 Å². The zero-order chi connectivity index (χ0) is 13.0. The Bertz CT molecular complexity index is 482. The van der Waals surface area contributed by atoms with E-state index in [1.54, 1.807) is 0 Å². The third kappa shape index (κ3) is 1.36. The second-order valence-electron chi connectivity index (χ2n) is 4.04. The SMILES string of the molecule is C[n+]1ccn2c1C(O)(C(F)(F)F)C(C(=O)O)C2. The number of nitrogens with zero attached hydrogens (tertiary/aromatic N) is 2. The van der Waals surface area contributed by atoms with Crippen molar-refractivity contribution >= 4 is 5.97 Å². The first-order valence-electron chi connectivity index (χ1n) is 4.76. The van der Waals surface area contributed by atoms with E-state index in [2.05, 4.69) is 0 Å². The minimum atomic E-state index is -5.04. The number of aryl methyl sites for hydroxylation is 1. The van der Waals surface area contributed by atoms with Gasteiger partial charge in [-0.3, -0.25) is 4.79 Å². The maximum atomic E-state index is 13.0. The molecule has 0 radical (unpaired) electrons. The van der Waals surface area contributed by atoms with Crippen LogP contribution < -0.4 is 4.57 Å². The van der Waals surface area contributed by atoms with Crippen LogP contribution in [-0.2, 0) is 24.0 Å². The van der Waals surface area contributed by atoms with Gasteiger partial charge in [-0.2, -0.15) is 13.2 Å².